The first kappa shape index (κ1) is 20.7. The number of carbonyl (C=O) groups is 1. The second-order valence-corrected chi connectivity index (χ2v) is 7.28. The molecule has 0 spiro atoms. The van der Waals surface area contributed by atoms with E-state index in [9.17, 15) is 14.9 Å². The molecule has 0 bridgehead atoms. The highest BCUT2D eigenvalue weighted by atomic mass is 35.5. The van der Waals surface area contributed by atoms with E-state index in [1.54, 1.807) is 34.6 Å². The Morgan fingerprint density at radius 1 is 1.28 bits per heavy atom. The Labute approximate surface area is 151 Å². The van der Waals surface area contributed by atoms with Crippen LogP contribution in [0.25, 0.3) is 0 Å². The van der Waals surface area contributed by atoms with E-state index in [4.69, 9.17) is 16.3 Å². The summed E-state index contributed by atoms with van der Waals surface area (Å²) in [7, 11) is 1.49. The molecule has 0 heterocycles. The first-order chi connectivity index (χ1) is 11.4. The summed E-state index contributed by atoms with van der Waals surface area (Å²) in [5.74, 6) is 0.154. The Balaban J connectivity index is 3.00. The zero-order chi connectivity index (χ0) is 19.4. The number of halogens is 1. The van der Waals surface area contributed by atoms with E-state index in [1.165, 1.54) is 25.2 Å². The molecule has 0 radical (unpaired) electrons. The van der Waals surface area contributed by atoms with Crippen molar-refractivity contribution in [3.8, 4) is 0 Å². The smallest absolute Gasteiger partial charge is 0.414 e. The Bertz CT molecular complexity index is 696. The predicted octanol–water partition coefficient (Wildman–Crippen LogP) is 3.58. The number of benzene rings is 1. The van der Waals surface area contributed by atoms with Gasteiger partial charge in [0, 0.05) is 29.8 Å². The third-order valence-corrected chi connectivity index (χ3v) is 3.44. The molecular formula is C16H23ClN4O4. The Hall–Kier alpha value is -2.35. The molecule has 0 atom stereocenters. The number of guanidine groups is 1. The quantitative estimate of drug-likeness (QED) is 0.366. The molecule has 0 aliphatic carbocycles. The lowest BCUT2D eigenvalue weighted by molar-refractivity contribution is -0.385. The first-order valence-corrected chi connectivity index (χ1v) is 7.93. The lowest BCUT2D eigenvalue weighted by Gasteiger charge is -2.29. The monoisotopic (exact) mass is 370 g/mol. The molecule has 0 aliphatic rings. The molecule has 25 heavy (non-hydrogen) atoms. The minimum absolute atomic E-state index is 0.0793. The minimum Gasteiger partial charge on any atom is -0.444 e. The van der Waals surface area contributed by atoms with E-state index < -0.39 is 22.2 Å². The minimum atomic E-state index is -0.840. The number of nitro groups is 1. The van der Waals surface area contributed by atoms with E-state index in [2.05, 4.69) is 15.6 Å². The van der Waals surface area contributed by atoms with Crippen molar-refractivity contribution in [1.29, 1.82) is 0 Å². The summed E-state index contributed by atoms with van der Waals surface area (Å²) in [5.41, 5.74) is -1.07. The summed E-state index contributed by atoms with van der Waals surface area (Å²) in [4.78, 5) is 26.4. The van der Waals surface area contributed by atoms with E-state index in [-0.39, 0.29) is 11.6 Å². The van der Waals surface area contributed by atoms with Gasteiger partial charge in [-0.2, -0.15) is 0 Å². The normalized spacial score (nSPS) is 12.5. The van der Waals surface area contributed by atoms with Crippen LogP contribution < -0.4 is 10.6 Å². The van der Waals surface area contributed by atoms with Gasteiger partial charge < -0.3 is 10.1 Å². The van der Waals surface area contributed by atoms with Crippen molar-refractivity contribution in [2.24, 2.45) is 4.99 Å². The molecule has 1 aromatic rings. The second kappa shape index (κ2) is 7.69. The van der Waals surface area contributed by atoms with Crippen LogP contribution in [-0.4, -0.2) is 29.6 Å². The lowest BCUT2D eigenvalue weighted by atomic mass is 9.94. The molecule has 1 aromatic carbocycles. The van der Waals surface area contributed by atoms with Gasteiger partial charge in [0.05, 0.1) is 10.5 Å². The maximum absolute atomic E-state index is 11.9. The molecule has 0 aromatic heterocycles. The SMILES string of the molecule is CN=C(NC(=O)OC(C)(C)C)NC(C)(C)c1cc([N+](=O)[O-])ccc1Cl. The highest BCUT2D eigenvalue weighted by Crippen LogP contribution is 2.31. The number of nitro benzene ring substituents is 1. The van der Waals surface area contributed by atoms with Crippen LogP contribution in [0.2, 0.25) is 5.02 Å². The molecule has 0 unspecified atom stereocenters. The zero-order valence-corrected chi connectivity index (χ0v) is 15.9. The van der Waals surface area contributed by atoms with Gasteiger partial charge in [0.1, 0.15) is 5.60 Å². The van der Waals surface area contributed by atoms with Gasteiger partial charge in [-0.3, -0.25) is 20.4 Å². The largest absolute Gasteiger partial charge is 0.444 e. The topological polar surface area (TPSA) is 106 Å². The highest BCUT2D eigenvalue weighted by molar-refractivity contribution is 6.31. The standard InChI is InChI=1S/C16H23ClN4O4/c1-15(2,3)25-14(22)19-13(18-6)20-16(4,5)11-9-10(21(23)24)7-8-12(11)17/h7-9H,1-6H3,(H2,18,19,20,22). The summed E-state index contributed by atoms with van der Waals surface area (Å²) >= 11 is 6.19. The van der Waals surface area contributed by atoms with Crippen LogP contribution >= 0.6 is 11.6 Å². The molecule has 1 amide bonds. The molecule has 0 aliphatic heterocycles. The molecule has 0 saturated heterocycles. The second-order valence-electron chi connectivity index (χ2n) is 6.87. The van der Waals surface area contributed by atoms with Crippen LogP contribution in [0.3, 0.4) is 0 Å². The molecule has 0 fully saturated rings. The fourth-order valence-corrected chi connectivity index (χ4v) is 2.37. The Kier molecular flexibility index (Phi) is 6.37. The fraction of sp³-hybridized carbons (Fsp3) is 0.500. The van der Waals surface area contributed by atoms with Crippen molar-refractivity contribution in [3.63, 3.8) is 0 Å². The summed E-state index contributed by atoms with van der Waals surface area (Å²) in [5, 5.41) is 16.9. The number of hydrogen-bond acceptors (Lipinski definition) is 5. The van der Waals surface area contributed by atoms with E-state index >= 15 is 0 Å². The van der Waals surface area contributed by atoms with Crippen LogP contribution in [-0.2, 0) is 10.3 Å². The van der Waals surface area contributed by atoms with Crippen molar-refractivity contribution in [2.45, 2.75) is 45.8 Å². The predicted molar refractivity (Wildman–Crippen MR) is 97.0 cm³/mol. The zero-order valence-electron chi connectivity index (χ0n) is 15.1. The van der Waals surface area contributed by atoms with Gasteiger partial charge in [0.2, 0.25) is 5.96 Å². The summed E-state index contributed by atoms with van der Waals surface area (Å²) < 4.78 is 5.18. The number of aliphatic imine (C=N–C) groups is 1. The Morgan fingerprint density at radius 3 is 2.36 bits per heavy atom. The van der Waals surface area contributed by atoms with Gasteiger partial charge in [-0.05, 0) is 40.7 Å². The van der Waals surface area contributed by atoms with Crippen LogP contribution in [0.15, 0.2) is 23.2 Å². The van der Waals surface area contributed by atoms with Gasteiger partial charge in [-0.25, -0.2) is 4.79 Å². The van der Waals surface area contributed by atoms with Gasteiger partial charge >= 0.3 is 6.09 Å². The highest BCUT2D eigenvalue weighted by Gasteiger charge is 2.28. The first-order valence-electron chi connectivity index (χ1n) is 7.55. The average Bonchev–Trinajstić information content (AvgIpc) is 2.44. The molecule has 1 rings (SSSR count). The molecule has 2 N–H and O–H groups in total. The summed E-state index contributed by atoms with van der Waals surface area (Å²) in [6, 6.07) is 4.17. The van der Waals surface area contributed by atoms with E-state index in [0.717, 1.165) is 0 Å². The van der Waals surface area contributed by atoms with Gasteiger partial charge in [0.15, 0.2) is 0 Å². The number of non-ortho nitro benzene ring substituents is 1. The van der Waals surface area contributed by atoms with Crippen molar-refractivity contribution in [1.82, 2.24) is 10.6 Å². The maximum Gasteiger partial charge on any atom is 0.414 e. The number of ether oxygens (including phenoxy) is 1. The van der Waals surface area contributed by atoms with Crippen LogP contribution in [0.4, 0.5) is 10.5 Å². The number of rotatable bonds is 3. The molecule has 9 heteroatoms. The van der Waals surface area contributed by atoms with Crippen LogP contribution in [0, 0.1) is 10.1 Å². The number of nitrogens with zero attached hydrogens (tertiary/aromatic N) is 2. The number of amides is 1. The number of carbonyl (C=O) groups excluding carboxylic acids is 1. The Morgan fingerprint density at radius 2 is 1.88 bits per heavy atom. The fourth-order valence-electron chi connectivity index (χ4n) is 2.01. The van der Waals surface area contributed by atoms with Crippen molar-refractivity contribution < 1.29 is 14.5 Å². The van der Waals surface area contributed by atoms with Crippen LogP contribution in [0.5, 0.6) is 0 Å². The van der Waals surface area contributed by atoms with Gasteiger partial charge in [-0.1, -0.05) is 11.6 Å². The third-order valence-electron chi connectivity index (χ3n) is 3.11. The average molecular weight is 371 g/mol. The molecule has 0 saturated carbocycles. The number of hydrogen-bond donors (Lipinski definition) is 2. The maximum atomic E-state index is 11.9. The van der Waals surface area contributed by atoms with Crippen LogP contribution in [0.1, 0.15) is 40.2 Å². The molecular weight excluding hydrogens is 348 g/mol. The van der Waals surface area contributed by atoms with E-state index in [1.807, 2.05) is 0 Å². The summed E-state index contributed by atoms with van der Waals surface area (Å²) in [6.45, 7) is 8.76. The van der Waals surface area contributed by atoms with Gasteiger partial charge in [0.25, 0.3) is 5.69 Å². The van der Waals surface area contributed by atoms with Crippen molar-refractivity contribution in [3.05, 3.63) is 38.9 Å². The molecule has 138 valence electrons. The number of alkyl carbamates (subject to hydrolysis) is 1. The van der Waals surface area contributed by atoms with Crippen molar-refractivity contribution in [2.75, 3.05) is 7.05 Å². The van der Waals surface area contributed by atoms with Gasteiger partial charge in [-0.15, -0.1) is 0 Å². The molecule has 8 nitrogen and oxygen atoms in total. The number of nitrogens with one attached hydrogen (secondary N) is 2. The summed E-state index contributed by atoms with van der Waals surface area (Å²) in [6.07, 6.45) is -0.665. The van der Waals surface area contributed by atoms with E-state index in [0.29, 0.717) is 10.6 Å². The van der Waals surface area contributed by atoms with Crippen molar-refractivity contribution >= 4 is 29.3 Å². The third kappa shape index (κ3) is 6.22. The lowest BCUT2D eigenvalue weighted by Crippen LogP contribution is -2.50.